The number of phenols is 1. The van der Waals surface area contributed by atoms with Crippen LogP contribution in [0.25, 0.3) is 0 Å². The van der Waals surface area contributed by atoms with E-state index in [2.05, 4.69) is 0 Å². The average molecular weight is 322 g/mol. The second-order valence-electron chi connectivity index (χ2n) is 4.69. The summed E-state index contributed by atoms with van der Waals surface area (Å²) < 4.78 is 26.1. The normalized spacial score (nSPS) is 11.2. The second-order valence-corrected chi connectivity index (χ2v) is 6.66. The lowest BCUT2D eigenvalue weighted by atomic mass is 10.2. The van der Waals surface area contributed by atoms with Gasteiger partial charge in [-0.2, -0.15) is 0 Å². The first-order chi connectivity index (χ1) is 10.2. The van der Waals surface area contributed by atoms with E-state index in [-0.39, 0.29) is 16.3 Å². The van der Waals surface area contributed by atoms with Crippen molar-refractivity contribution in [3.63, 3.8) is 0 Å². The molecule has 1 N–H and O–H groups in total. The molecule has 2 aromatic carbocycles. The molecule has 0 aliphatic heterocycles. The number of phenolic OH excluding ortho intramolecular Hbond substituents is 1. The number of nitro groups is 1. The summed E-state index contributed by atoms with van der Waals surface area (Å²) in [6.45, 7) is 1.54. The van der Waals surface area contributed by atoms with E-state index in [4.69, 9.17) is 0 Å². The molecule has 2 rings (SSSR count). The van der Waals surface area contributed by atoms with Crippen molar-refractivity contribution >= 4 is 21.4 Å². The molecule has 0 saturated heterocycles. The fourth-order valence-corrected chi connectivity index (χ4v) is 3.12. The van der Waals surface area contributed by atoms with Crippen molar-refractivity contribution < 1.29 is 18.4 Å². The Balaban J connectivity index is 2.48. The highest BCUT2D eigenvalue weighted by Crippen LogP contribution is 2.27. The molecule has 0 aromatic heterocycles. The molecule has 8 heteroatoms. The summed E-state index contributed by atoms with van der Waals surface area (Å²) in [5.41, 5.74) is 0.470. The van der Waals surface area contributed by atoms with Crippen LogP contribution in [-0.2, 0) is 10.0 Å². The molecule has 0 heterocycles. The van der Waals surface area contributed by atoms with Gasteiger partial charge in [0.1, 0.15) is 5.75 Å². The van der Waals surface area contributed by atoms with Crippen LogP contribution in [0, 0.1) is 17.0 Å². The van der Waals surface area contributed by atoms with Crippen LogP contribution in [0.4, 0.5) is 11.4 Å². The second kappa shape index (κ2) is 5.64. The fraction of sp³-hybridized carbons (Fsp3) is 0.143. The third-order valence-corrected chi connectivity index (χ3v) is 5.03. The van der Waals surface area contributed by atoms with E-state index in [9.17, 15) is 23.6 Å². The number of benzene rings is 2. The fourth-order valence-electron chi connectivity index (χ4n) is 1.91. The number of nitrogens with zero attached hydrogens (tertiary/aromatic N) is 2. The molecular formula is C14H14N2O5S. The molecule has 7 nitrogen and oxygen atoms in total. The molecular weight excluding hydrogens is 308 g/mol. The number of rotatable bonds is 4. The van der Waals surface area contributed by atoms with Crippen LogP contribution in [-0.4, -0.2) is 25.5 Å². The molecule has 0 aliphatic rings. The maximum absolute atomic E-state index is 12.5. The van der Waals surface area contributed by atoms with Crippen molar-refractivity contribution in [1.29, 1.82) is 0 Å². The molecule has 0 amide bonds. The van der Waals surface area contributed by atoms with E-state index in [1.807, 2.05) is 0 Å². The Hall–Kier alpha value is -2.61. The molecule has 0 saturated carbocycles. The Bertz CT molecular complexity index is 816. The Labute approximate surface area is 127 Å². The third-order valence-electron chi connectivity index (χ3n) is 3.25. The third kappa shape index (κ3) is 2.86. The largest absolute Gasteiger partial charge is 0.508 e. The molecule has 0 aliphatic carbocycles. The molecule has 0 radical (unpaired) electrons. The van der Waals surface area contributed by atoms with Gasteiger partial charge in [-0.15, -0.1) is 0 Å². The monoisotopic (exact) mass is 322 g/mol. The first-order valence-electron chi connectivity index (χ1n) is 6.26. The topological polar surface area (TPSA) is 101 Å². The molecule has 2 aromatic rings. The SMILES string of the molecule is Cc1ccc(S(=O)(=O)N(C)c2ccc(O)cc2)cc1[N+](=O)[O-]. The Morgan fingerprint density at radius 2 is 1.73 bits per heavy atom. The maximum Gasteiger partial charge on any atom is 0.273 e. The van der Waals surface area contributed by atoms with Gasteiger partial charge >= 0.3 is 0 Å². The lowest BCUT2D eigenvalue weighted by Crippen LogP contribution is -2.26. The van der Waals surface area contributed by atoms with Gasteiger partial charge in [0.05, 0.1) is 15.5 Å². The van der Waals surface area contributed by atoms with E-state index >= 15 is 0 Å². The van der Waals surface area contributed by atoms with Crippen LogP contribution in [0.5, 0.6) is 5.75 Å². The maximum atomic E-state index is 12.5. The number of sulfonamides is 1. The Morgan fingerprint density at radius 1 is 1.14 bits per heavy atom. The molecule has 116 valence electrons. The number of hydrogen-bond acceptors (Lipinski definition) is 5. The number of hydrogen-bond donors (Lipinski definition) is 1. The minimum absolute atomic E-state index is 0.0144. The average Bonchev–Trinajstić information content (AvgIpc) is 2.47. The first-order valence-corrected chi connectivity index (χ1v) is 7.70. The van der Waals surface area contributed by atoms with Gasteiger partial charge in [-0.25, -0.2) is 8.42 Å². The van der Waals surface area contributed by atoms with Gasteiger partial charge in [0.25, 0.3) is 15.7 Å². The van der Waals surface area contributed by atoms with Gasteiger partial charge < -0.3 is 5.11 Å². The molecule has 0 spiro atoms. The van der Waals surface area contributed by atoms with Gasteiger partial charge in [-0.05, 0) is 37.3 Å². The molecule has 0 fully saturated rings. The predicted molar refractivity (Wildman–Crippen MR) is 81.5 cm³/mol. The summed E-state index contributed by atoms with van der Waals surface area (Å²) >= 11 is 0. The van der Waals surface area contributed by atoms with Gasteiger partial charge in [0.15, 0.2) is 0 Å². The summed E-state index contributed by atoms with van der Waals surface area (Å²) in [6.07, 6.45) is 0. The van der Waals surface area contributed by atoms with Crippen LogP contribution < -0.4 is 4.31 Å². The van der Waals surface area contributed by atoms with Crippen molar-refractivity contribution in [1.82, 2.24) is 0 Å². The predicted octanol–water partition coefficient (Wildman–Crippen LogP) is 2.43. The van der Waals surface area contributed by atoms with E-state index in [1.165, 1.54) is 50.4 Å². The number of aromatic hydroxyl groups is 1. The van der Waals surface area contributed by atoms with Crippen LogP contribution in [0.3, 0.4) is 0 Å². The van der Waals surface area contributed by atoms with Crippen molar-refractivity contribution in [2.24, 2.45) is 0 Å². The lowest BCUT2D eigenvalue weighted by Gasteiger charge is -2.19. The first kappa shape index (κ1) is 15.8. The molecule has 0 bridgehead atoms. The summed E-state index contributed by atoms with van der Waals surface area (Å²) in [7, 11) is -2.59. The van der Waals surface area contributed by atoms with Crippen LogP contribution in [0.1, 0.15) is 5.56 Å². The van der Waals surface area contributed by atoms with Crippen molar-refractivity contribution in [3.05, 3.63) is 58.1 Å². The lowest BCUT2D eigenvalue weighted by molar-refractivity contribution is -0.385. The summed E-state index contributed by atoms with van der Waals surface area (Å²) in [5, 5.41) is 20.2. The van der Waals surface area contributed by atoms with Gasteiger partial charge in [-0.1, -0.05) is 6.07 Å². The molecule has 0 atom stereocenters. The van der Waals surface area contributed by atoms with E-state index < -0.39 is 14.9 Å². The summed E-state index contributed by atoms with van der Waals surface area (Å²) in [6, 6.07) is 9.37. The smallest absolute Gasteiger partial charge is 0.273 e. The minimum Gasteiger partial charge on any atom is -0.508 e. The van der Waals surface area contributed by atoms with E-state index in [0.717, 1.165) is 10.4 Å². The van der Waals surface area contributed by atoms with Crippen molar-refractivity contribution in [2.75, 3.05) is 11.4 Å². The van der Waals surface area contributed by atoms with Gasteiger partial charge in [-0.3, -0.25) is 14.4 Å². The van der Waals surface area contributed by atoms with Crippen LogP contribution >= 0.6 is 0 Å². The number of aryl methyl sites for hydroxylation is 1. The van der Waals surface area contributed by atoms with Gasteiger partial charge in [0, 0.05) is 18.7 Å². The summed E-state index contributed by atoms with van der Waals surface area (Å²) in [5.74, 6) is 0.0144. The summed E-state index contributed by atoms with van der Waals surface area (Å²) in [4.78, 5) is 10.2. The number of anilines is 1. The standard InChI is InChI=1S/C14H14N2O5S/c1-10-3-8-13(9-14(10)16(18)19)22(20,21)15(2)11-4-6-12(17)7-5-11/h3-9,17H,1-2H3. The zero-order valence-corrected chi connectivity index (χ0v) is 12.7. The Morgan fingerprint density at radius 3 is 2.27 bits per heavy atom. The van der Waals surface area contributed by atoms with E-state index in [0.29, 0.717) is 11.3 Å². The molecule has 22 heavy (non-hydrogen) atoms. The minimum atomic E-state index is -3.93. The molecule has 0 unspecified atom stereocenters. The Kier molecular flexibility index (Phi) is 4.05. The quantitative estimate of drug-likeness (QED) is 0.688. The zero-order valence-electron chi connectivity index (χ0n) is 11.9. The highest BCUT2D eigenvalue weighted by molar-refractivity contribution is 7.92. The van der Waals surface area contributed by atoms with E-state index in [1.54, 1.807) is 0 Å². The highest BCUT2D eigenvalue weighted by Gasteiger charge is 2.24. The van der Waals surface area contributed by atoms with Crippen LogP contribution in [0.2, 0.25) is 0 Å². The van der Waals surface area contributed by atoms with Gasteiger partial charge in [0.2, 0.25) is 0 Å². The van der Waals surface area contributed by atoms with Crippen molar-refractivity contribution in [2.45, 2.75) is 11.8 Å². The zero-order chi connectivity index (χ0) is 16.5. The number of nitro benzene ring substituents is 1. The highest BCUT2D eigenvalue weighted by atomic mass is 32.2. The van der Waals surface area contributed by atoms with Crippen LogP contribution in [0.15, 0.2) is 47.4 Å². The van der Waals surface area contributed by atoms with Crippen molar-refractivity contribution in [3.8, 4) is 5.75 Å².